The van der Waals surface area contributed by atoms with E-state index in [0.717, 1.165) is 16.5 Å². The zero-order chi connectivity index (χ0) is 11.4. The lowest BCUT2D eigenvalue weighted by Gasteiger charge is -2.32. The summed E-state index contributed by atoms with van der Waals surface area (Å²) in [7, 11) is 0. The molecular formula is C12H17N3S. The molecule has 1 fully saturated rings. The minimum Gasteiger partial charge on any atom is -0.360 e. The number of amidine groups is 1. The summed E-state index contributed by atoms with van der Waals surface area (Å²) < 4.78 is 0. The van der Waals surface area contributed by atoms with Crippen molar-refractivity contribution in [2.75, 3.05) is 5.75 Å². The molecule has 0 aromatic carbocycles. The van der Waals surface area contributed by atoms with Crippen LogP contribution in [0, 0.1) is 0 Å². The fourth-order valence-electron chi connectivity index (χ4n) is 1.53. The lowest BCUT2D eigenvalue weighted by Crippen LogP contribution is -2.46. The first-order valence-corrected chi connectivity index (χ1v) is 6.49. The maximum absolute atomic E-state index is 4.58. The van der Waals surface area contributed by atoms with Gasteiger partial charge in [0.05, 0.1) is 6.54 Å². The molecular weight excluding hydrogens is 218 g/mol. The van der Waals surface area contributed by atoms with Crippen LogP contribution in [-0.4, -0.2) is 21.4 Å². The molecule has 86 valence electrons. The predicted molar refractivity (Wildman–Crippen MR) is 69.7 cm³/mol. The van der Waals surface area contributed by atoms with Gasteiger partial charge in [0.1, 0.15) is 0 Å². The van der Waals surface area contributed by atoms with Crippen molar-refractivity contribution in [1.29, 1.82) is 0 Å². The van der Waals surface area contributed by atoms with Crippen LogP contribution in [0.5, 0.6) is 0 Å². The summed E-state index contributed by atoms with van der Waals surface area (Å²) >= 11 is 1.80. The van der Waals surface area contributed by atoms with Crippen molar-refractivity contribution in [2.24, 2.45) is 4.99 Å². The van der Waals surface area contributed by atoms with E-state index in [0.29, 0.717) is 6.54 Å². The molecule has 16 heavy (non-hydrogen) atoms. The summed E-state index contributed by atoms with van der Waals surface area (Å²) in [5.74, 6) is 1.14. The van der Waals surface area contributed by atoms with Crippen molar-refractivity contribution in [3.05, 3.63) is 30.1 Å². The van der Waals surface area contributed by atoms with Crippen LogP contribution in [0.2, 0.25) is 0 Å². The number of hydrogen-bond acceptors (Lipinski definition) is 3. The Morgan fingerprint density at radius 2 is 2.44 bits per heavy atom. The van der Waals surface area contributed by atoms with Crippen LogP contribution in [0.4, 0.5) is 0 Å². The Morgan fingerprint density at radius 3 is 3.12 bits per heavy atom. The molecule has 1 aliphatic rings. The van der Waals surface area contributed by atoms with Gasteiger partial charge in [0.2, 0.25) is 0 Å². The first-order valence-electron chi connectivity index (χ1n) is 5.50. The van der Waals surface area contributed by atoms with Crippen molar-refractivity contribution in [3.63, 3.8) is 0 Å². The number of hydrogen-bond donors (Lipinski definition) is 1. The Kier molecular flexibility index (Phi) is 3.49. The third kappa shape index (κ3) is 3.23. The maximum Gasteiger partial charge on any atom is 0.157 e. The van der Waals surface area contributed by atoms with Gasteiger partial charge in [0.15, 0.2) is 5.17 Å². The summed E-state index contributed by atoms with van der Waals surface area (Å²) in [6.45, 7) is 5.14. The van der Waals surface area contributed by atoms with Crippen LogP contribution in [0.15, 0.2) is 29.5 Å². The Morgan fingerprint density at radius 1 is 1.56 bits per heavy atom. The molecule has 3 nitrogen and oxygen atoms in total. The average molecular weight is 235 g/mol. The van der Waals surface area contributed by atoms with Crippen LogP contribution >= 0.6 is 11.8 Å². The van der Waals surface area contributed by atoms with Gasteiger partial charge < -0.3 is 5.32 Å². The number of thioether (sulfide) groups is 1. The molecule has 0 unspecified atom stereocenters. The molecule has 4 heteroatoms. The molecule has 0 amide bonds. The summed E-state index contributed by atoms with van der Waals surface area (Å²) in [5.41, 5.74) is 1.33. The van der Waals surface area contributed by atoms with E-state index in [1.807, 2.05) is 12.3 Å². The highest BCUT2D eigenvalue weighted by Gasteiger charge is 2.23. The van der Waals surface area contributed by atoms with Gasteiger partial charge >= 0.3 is 0 Å². The number of aliphatic imine (C=N–C) groups is 1. The third-order valence-electron chi connectivity index (χ3n) is 2.54. The maximum atomic E-state index is 4.58. The van der Waals surface area contributed by atoms with E-state index < -0.39 is 0 Å². The summed E-state index contributed by atoms with van der Waals surface area (Å²) in [6, 6.07) is 4.00. The molecule has 0 atom stereocenters. The van der Waals surface area contributed by atoms with Crippen molar-refractivity contribution in [2.45, 2.75) is 32.4 Å². The lowest BCUT2D eigenvalue weighted by atomic mass is 10.0. The molecule has 2 heterocycles. The Bertz CT molecular complexity index is 373. The Labute approximate surface area is 101 Å². The van der Waals surface area contributed by atoms with Gasteiger partial charge in [-0.15, -0.1) is 0 Å². The Hall–Kier alpha value is -1.03. The van der Waals surface area contributed by atoms with Gasteiger partial charge in [0.25, 0.3) is 0 Å². The molecule has 1 aromatic rings. The Balaban J connectivity index is 1.97. The molecule has 0 saturated carbocycles. The zero-order valence-corrected chi connectivity index (χ0v) is 10.5. The molecule has 1 N–H and O–H groups in total. The molecule has 0 bridgehead atoms. The number of nitrogens with one attached hydrogen (secondary N) is 1. The van der Waals surface area contributed by atoms with Gasteiger partial charge in [-0.1, -0.05) is 17.8 Å². The molecule has 0 radical (unpaired) electrons. The highest BCUT2D eigenvalue weighted by atomic mass is 32.2. The quantitative estimate of drug-likeness (QED) is 0.855. The van der Waals surface area contributed by atoms with Gasteiger partial charge in [0, 0.05) is 23.7 Å². The SMILES string of the molecule is CC1(C)CCSC(=NCc2cccnc2)N1. The second-order valence-corrected chi connectivity index (χ2v) is 5.67. The van der Waals surface area contributed by atoms with Gasteiger partial charge in [-0.25, -0.2) is 0 Å². The van der Waals surface area contributed by atoms with Crippen LogP contribution in [0.25, 0.3) is 0 Å². The number of nitrogens with zero attached hydrogens (tertiary/aromatic N) is 2. The normalized spacial score (nSPS) is 21.8. The largest absolute Gasteiger partial charge is 0.360 e. The number of pyridine rings is 1. The standard InChI is InChI=1S/C12H17N3S/c1-12(2)5-7-16-11(15-12)14-9-10-4-3-6-13-8-10/h3-4,6,8H,5,7,9H2,1-2H3,(H,14,15). The average Bonchev–Trinajstić information content (AvgIpc) is 2.27. The lowest BCUT2D eigenvalue weighted by molar-refractivity contribution is 0.446. The molecule has 1 aromatic heterocycles. The van der Waals surface area contributed by atoms with Crippen LogP contribution in [0.1, 0.15) is 25.8 Å². The first-order chi connectivity index (χ1) is 7.66. The van der Waals surface area contributed by atoms with E-state index in [2.05, 4.69) is 35.2 Å². The fraction of sp³-hybridized carbons (Fsp3) is 0.500. The van der Waals surface area contributed by atoms with E-state index in [1.165, 1.54) is 6.42 Å². The second-order valence-electron chi connectivity index (χ2n) is 4.59. The smallest absolute Gasteiger partial charge is 0.157 e. The topological polar surface area (TPSA) is 37.3 Å². The fourth-order valence-corrected chi connectivity index (χ4v) is 2.84. The second kappa shape index (κ2) is 4.87. The monoisotopic (exact) mass is 235 g/mol. The van der Waals surface area contributed by atoms with E-state index in [4.69, 9.17) is 0 Å². The highest BCUT2D eigenvalue weighted by molar-refractivity contribution is 8.13. The van der Waals surface area contributed by atoms with Crippen LogP contribution in [-0.2, 0) is 6.54 Å². The van der Waals surface area contributed by atoms with E-state index in [-0.39, 0.29) is 5.54 Å². The van der Waals surface area contributed by atoms with Gasteiger partial charge in [-0.05, 0) is 31.9 Å². The predicted octanol–water partition coefficient (Wildman–Crippen LogP) is 2.44. The molecule has 0 spiro atoms. The van der Waals surface area contributed by atoms with Crippen molar-refractivity contribution >= 4 is 16.9 Å². The first kappa shape index (κ1) is 11.5. The van der Waals surface area contributed by atoms with Crippen LogP contribution < -0.4 is 5.32 Å². The minimum atomic E-state index is 0.180. The minimum absolute atomic E-state index is 0.180. The highest BCUT2D eigenvalue weighted by Crippen LogP contribution is 2.21. The van der Waals surface area contributed by atoms with E-state index in [1.54, 1.807) is 18.0 Å². The summed E-state index contributed by atoms with van der Waals surface area (Å²) in [4.78, 5) is 8.66. The summed E-state index contributed by atoms with van der Waals surface area (Å²) in [5, 5.41) is 4.51. The molecule has 1 saturated heterocycles. The molecule has 1 aliphatic heterocycles. The van der Waals surface area contributed by atoms with E-state index >= 15 is 0 Å². The van der Waals surface area contributed by atoms with Gasteiger partial charge in [-0.3, -0.25) is 9.98 Å². The van der Waals surface area contributed by atoms with Crippen molar-refractivity contribution < 1.29 is 0 Å². The number of rotatable bonds is 2. The zero-order valence-electron chi connectivity index (χ0n) is 9.73. The van der Waals surface area contributed by atoms with Crippen molar-refractivity contribution in [1.82, 2.24) is 10.3 Å². The third-order valence-corrected chi connectivity index (χ3v) is 3.45. The van der Waals surface area contributed by atoms with E-state index in [9.17, 15) is 0 Å². The molecule has 2 rings (SSSR count). The number of aromatic nitrogens is 1. The molecule has 0 aliphatic carbocycles. The van der Waals surface area contributed by atoms with Crippen molar-refractivity contribution in [3.8, 4) is 0 Å². The van der Waals surface area contributed by atoms with Crippen LogP contribution in [0.3, 0.4) is 0 Å². The summed E-state index contributed by atoms with van der Waals surface area (Å²) in [6.07, 6.45) is 4.83. The van der Waals surface area contributed by atoms with Gasteiger partial charge in [-0.2, -0.15) is 0 Å².